The minimum absolute atomic E-state index is 0.0119. The van der Waals surface area contributed by atoms with Gasteiger partial charge in [0, 0.05) is 41.0 Å². The monoisotopic (exact) mass is 475 g/mol. The van der Waals surface area contributed by atoms with Gasteiger partial charge in [-0.1, -0.05) is 62.4 Å². The van der Waals surface area contributed by atoms with Gasteiger partial charge in [0.25, 0.3) is 5.92 Å². The first-order valence-electron chi connectivity index (χ1n) is 11.8. The van der Waals surface area contributed by atoms with Crippen molar-refractivity contribution in [1.82, 2.24) is 4.57 Å². The molecular formula is C29H27F2NO3. The molecule has 0 bridgehead atoms. The van der Waals surface area contributed by atoms with Crippen LogP contribution in [-0.2, 0) is 6.61 Å². The second-order valence-corrected chi connectivity index (χ2v) is 9.51. The Bertz CT molecular complexity index is 1380. The van der Waals surface area contributed by atoms with Crippen molar-refractivity contribution in [3.63, 3.8) is 0 Å². The van der Waals surface area contributed by atoms with E-state index in [9.17, 15) is 18.7 Å². The fourth-order valence-electron chi connectivity index (χ4n) is 5.09. The van der Waals surface area contributed by atoms with Crippen molar-refractivity contribution in [3.05, 3.63) is 89.6 Å². The van der Waals surface area contributed by atoms with E-state index in [4.69, 9.17) is 4.74 Å². The van der Waals surface area contributed by atoms with Crippen LogP contribution in [0.5, 0.6) is 5.75 Å². The SMILES string of the molecule is CC(C)c1c(-c2ccccc2C(=O)O)c2cc(OCc3ccccc3)ccc2n1C1CC(F)(F)C1. The molecule has 0 amide bonds. The molecule has 0 radical (unpaired) electrons. The number of hydrogen-bond donors (Lipinski definition) is 1. The largest absolute Gasteiger partial charge is 0.489 e. The molecule has 1 aliphatic carbocycles. The third-order valence-electron chi connectivity index (χ3n) is 6.67. The first-order valence-corrected chi connectivity index (χ1v) is 11.8. The van der Waals surface area contributed by atoms with Crippen molar-refractivity contribution in [2.75, 3.05) is 0 Å². The maximum Gasteiger partial charge on any atom is 0.336 e. The van der Waals surface area contributed by atoms with Gasteiger partial charge in [-0.25, -0.2) is 13.6 Å². The molecular weight excluding hydrogens is 448 g/mol. The smallest absolute Gasteiger partial charge is 0.336 e. The minimum Gasteiger partial charge on any atom is -0.489 e. The van der Waals surface area contributed by atoms with Crippen LogP contribution in [0.25, 0.3) is 22.0 Å². The third-order valence-corrected chi connectivity index (χ3v) is 6.67. The summed E-state index contributed by atoms with van der Waals surface area (Å²) < 4.78 is 35.9. The van der Waals surface area contributed by atoms with Gasteiger partial charge in [0.1, 0.15) is 12.4 Å². The zero-order valence-corrected chi connectivity index (χ0v) is 19.7. The molecule has 1 saturated carbocycles. The lowest BCUT2D eigenvalue weighted by molar-refractivity contribution is -0.103. The lowest BCUT2D eigenvalue weighted by atomic mass is 9.87. The predicted molar refractivity (Wildman–Crippen MR) is 132 cm³/mol. The van der Waals surface area contributed by atoms with Gasteiger partial charge in [-0.15, -0.1) is 0 Å². The second kappa shape index (κ2) is 8.84. The van der Waals surface area contributed by atoms with Crippen LogP contribution in [0.4, 0.5) is 8.78 Å². The van der Waals surface area contributed by atoms with Gasteiger partial charge in [0.15, 0.2) is 0 Å². The van der Waals surface area contributed by atoms with Crippen molar-refractivity contribution in [2.24, 2.45) is 0 Å². The van der Waals surface area contributed by atoms with Gasteiger partial charge in [-0.3, -0.25) is 0 Å². The summed E-state index contributed by atoms with van der Waals surface area (Å²) in [5.74, 6) is -3.07. The fourth-order valence-corrected chi connectivity index (χ4v) is 5.09. The molecule has 0 atom stereocenters. The van der Waals surface area contributed by atoms with Crippen LogP contribution in [0.2, 0.25) is 0 Å². The van der Waals surface area contributed by atoms with Crippen molar-refractivity contribution < 1.29 is 23.4 Å². The Kier molecular flexibility index (Phi) is 5.83. The molecule has 35 heavy (non-hydrogen) atoms. The zero-order valence-electron chi connectivity index (χ0n) is 19.7. The highest BCUT2D eigenvalue weighted by atomic mass is 19.3. The fraction of sp³-hybridized carbons (Fsp3) is 0.276. The van der Waals surface area contributed by atoms with Crippen molar-refractivity contribution >= 4 is 16.9 Å². The number of aromatic nitrogens is 1. The molecule has 4 nitrogen and oxygen atoms in total. The Labute approximate surface area is 202 Å². The van der Waals surface area contributed by atoms with Crippen LogP contribution in [0.15, 0.2) is 72.8 Å². The van der Waals surface area contributed by atoms with Crippen LogP contribution in [-0.4, -0.2) is 21.6 Å². The van der Waals surface area contributed by atoms with Crippen molar-refractivity contribution in [2.45, 2.75) is 51.2 Å². The molecule has 1 aliphatic rings. The summed E-state index contributed by atoms with van der Waals surface area (Å²) in [6.45, 7) is 4.42. The molecule has 1 aromatic heterocycles. The molecule has 0 spiro atoms. The number of carboxylic acid groups (broad SMARTS) is 1. The number of carbonyl (C=O) groups is 1. The molecule has 180 valence electrons. The maximum absolute atomic E-state index is 13.9. The highest BCUT2D eigenvalue weighted by molar-refractivity contribution is 6.05. The molecule has 1 heterocycles. The number of fused-ring (bicyclic) bond motifs is 1. The molecule has 6 heteroatoms. The third kappa shape index (κ3) is 4.29. The number of nitrogens with zero attached hydrogens (tertiary/aromatic N) is 1. The predicted octanol–water partition coefficient (Wildman–Crippen LogP) is 7.68. The first-order chi connectivity index (χ1) is 16.7. The quantitative estimate of drug-likeness (QED) is 0.298. The van der Waals surface area contributed by atoms with Gasteiger partial charge in [0.2, 0.25) is 0 Å². The molecule has 1 N–H and O–H groups in total. The average molecular weight is 476 g/mol. The zero-order chi connectivity index (χ0) is 24.7. The Morgan fingerprint density at radius 1 is 1.06 bits per heavy atom. The van der Waals surface area contributed by atoms with Gasteiger partial charge >= 0.3 is 5.97 Å². The average Bonchev–Trinajstić information content (AvgIpc) is 3.16. The van der Waals surface area contributed by atoms with E-state index in [1.54, 1.807) is 18.2 Å². The van der Waals surface area contributed by atoms with E-state index in [1.807, 2.05) is 73.0 Å². The molecule has 0 aliphatic heterocycles. The maximum atomic E-state index is 13.9. The number of alkyl halides is 2. The molecule has 5 rings (SSSR count). The lowest BCUT2D eigenvalue weighted by Gasteiger charge is -2.38. The van der Waals surface area contributed by atoms with Crippen molar-refractivity contribution in [1.29, 1.82) is 0 Å². The highest BCUT2D eigenvalue weighted by Gasteiger charge is 2.47. The Morgan fingerprint density at radius 2 is 1.74 bits per heavy atom. The minimum atomic E-state index is -2.67. The number of benzene rings is 3. The van der Waals surface area contributed by atoms with Crippen LogP contribution in [0.3, 0.4) is 0 Å². The molecule has 4 aromatic rings. The number of halogens is 2. The number of aromatic carboxylic acids is 1. The number of carboxylic acids is 1. The summed E-state index contributed by atoms with van der Waals surface area (Å²) >= 11 is 0. The number of ether oxygens (including phenoxy) is 1. The van der Waals surface area contributed by atoms with E-state index in [2.05, 4.69) is 0 Å². The molecule has 3 aromatic carbocycles. The molecule has 0 saturated heterocycles. The van der Waals surface area contributed by atoms with Crippen LogP contribution < -0.4 is 4.74 Å². The summed E-state index contributed by atoms with van der Waals surface area (Å²) in [6, 6.07) is 22.0. The highest BCUT2D eigenvalue weighted by Crippen LogP contribution is 2.51. The van der Waals surface area contributed by atoms with E-state index in [0.717, 1.165) is 27.7 Å². The van der Waals surface area contributed by atoms with Gasteiger partial charge < -0.3 is 14.4 Å². The lowest BCUT2D eigenvalue weighted by Crippen LogP contribution is -2.37. The topological polar surface area (TPSA) is 51.5 Å². The van der Waals surface area contributed by atoms with Gasteiger partial charge in [0.05, 0.1) is 5.56 Å². The number of hydrogen-bond acceptors (Lipinski definition) is 2. The summed E-state index contributed by atoms with van der Waals surface area (Å²) in [4.78, 5) is 12.1. The van der Waals surface area contributed by atoms with Crippen LogP contribution >= 0.6 is 0 Å². The summed E-state index contributed by atoms with van der Waals surface area (Å²) in [7, 11) is 0. The van der Waals surface area contributed by atoms with E-state index >= 15 is 0 Å². The van der Waals surface area contributed by atoms with Gasteiger partial charge in [-0.05, 0) is 41.3 Å². The van der Waals surface area contributed by atoms with E-state index in [1.165, 1.54) is 0 Å². The first kappa shape index (κ1) is 23.1. The molecule has 1 fully saturated rings. The standard InChI is InChI=1S/C29H27F2NO3/c1-18(2)27-26(22-10-6-7-11-23(22)28(33)34)24-14-21(35-17-19-8-4-3-5-9-19)12-13-25(24)32(27)20-15-29(30,31)16-20/h3-14,18,20H,15-17H2,1-2H3,(H,33,34). The van der Waals surface area contributed by atoms with E-state index in [0.29, 0.717) is 17.9 Å². The molecule has 0 unspecified atom stereocenters. The van der Waals surface area contributed by atoms with E-state index < -0.39 is 11.9 Å². The van der Waals surface area contributed by atoms with Crippen LogP contribution in [0.1, 0.15) is 60.3 Å². The summed E-state index contributed by atoms with van der Waals surface area (Å²) in [5, 5.41) is 10.7. The summed E-state index contributed by atoms with van der Waals surface area (Å²) in [6.07, 6.45) is -0.439. The van der Waals surface area contributed by atoms with Crippen LogP contribution in [0, 0.1) is 0 Å². The Hall–Kier alpha value is -3.67. The Morgan fingerprint density at radius 3 is 2.40 bits per heavy atom. The number of rotatable bonds is 7. The van der Waals surface area contributed by atoms with E-state index in [-0.39, 0.29) is 30.4 Å². The van der Waals surface area contributed by atoms with Crippen molar-refractivity contribution in [3.8, 4) is 16.9 Å². The second-order valence-electron chi connectivity index (χ2n) is 9.51. The normalized spacial score (nSPS) is 15.3. The van der Waals surface area contributed by atoms with Gasteiger partial charge in [-0.2, -0.15) is 0 Å². The Balaban J connectivity index is 1.70. The summed E-state index contributed by atoms with van der Waals surface area (Å²) in [5.41, 5.74) is 4.25.